The molecule has 3 unspecified atom stereocenters. The lowest BCUT2D eigenvalue weighted by atomic mass is 9.66. The van der Waals surface area contributed by atoms with E-state index in [4.69, 9.17) is 5.73 Å². The van der Waals surface area contributed by atoms with Gasteiger partial charge in [-0.05, 0) is 66.2 Å². The zero-order valence-corrected chi connectivity index (χ0v) is 15.3. The van der Waals surface area contributed by atoms with Gasteiger partial charge in [0.2, 0.25) is 0 Å². The number of nitrogen functional groups attached to an aromatic ring is 1. The Hall–Kier alpha value is -2.54. The van der Waals surface area contributed by atoms with Crippen molar-refractivity contribution in [1.29, 1.82) is 0 Å². The molecule has 0 amide bonds. The SMILES string of the molecule is CC1=CC2=C(CC1)c1cc(C3C=CC=CC3)c(N)cc1C1C=CC=CC21. The van der Waals surface area contributed by atoms with E-state index in [1.165, 1.54) is 34.3 Å². The Morgan fingerprint density at radius 1 is 0.885 bits per heavy atom. The molecule has 1 aromatic rings. The minimum atomic E-state index is 0.398. The first-order valence-electron chi connectivity index (χ1n) is 9.74. The largest absolute Gasteiger partial charge is 0.398 e. The molecule has 0 aliphatic heterocycles. The van der Waals surface area contributed by atoms with Gasteiger partial charge < -0.3 is 5.73 Å². The molecule has 0 spiro atoms. The Kier molecular flexibility index (Phi) is 3.63. The van der Waals surface area contributed by atoms with Crippen molar-refractivity contribution < 1.29 is 0 Å². The Morgan fingerprint density at radius 3 is 2.50 bits per heavy atom. The third-order valence-electron chi connectivity index (χ3n) is 6.33. The lowest BCUT2D eigenvalue weighted by Crippen LogP contribution is -2.22. The minimum absolute atomic E-state index is 0.398. The van der Waals surface area contributed by atoms with Crippen molar-refractivity contribution in [2.24, 2.45) is 5.92 Å². The van der Waals surface area contributed by atoms with Crippen LogP contribution in [0.4, 0.5) is 5.69 Å². The molecule has 0 heterocycles. The van der Waals surface area contributed by atoms with Crippen LogP contribution in [0.25, 0.3) is 5.57 Å². The molecule has 130 valence electrons. The second kappa shape index (κ2) is 6.02. The molecule has 3 atom stereocenters. The summed E-state index contributed by atoms with van der Waals surface area (Å²) in [4.78, 5) is 0. The summed E-state index contributed by atoms with van der Waals surface area (Å²) >= 11 is 0. The van der Waals surface area contributed by atoms with Crippen molar-refractivity contribution in [3.05, 3.63) is 94.7 Å². The molecule has 0 fully saturated rings. The van der Waals surface area contributed by atoms with Crippen LogP contribution in [0.15, 0.2) is 78.0 Å². The summed E-state index contributed by atoms with van der Waals surface area (Å²) in [5, 5.41) is 0. The van der Waals surface area contributed by atoms with Crippen LogP contribution in [0.2, 0.25) is 0 Å². The van der Waals surface area contributed by atoms with E-state index in [1.807, 2.05) is 0 Å². The summed E-state index contributed by atoms with van der Waals surface area (Å²) < 4.78 is 0. The van der Waals surface area contributed by atoms with Gasteiger partial charge >= 0.3 is 0 Å². The second-order valence-electron chi connectivity index (χ2n) is 7.97. The molecule has 26 heavy (non-hydrogen) atoms. The quantitative estimate of drug-likeness (QED) is 0.605. The minimum Gasteiger partial charge on any atom is -0.398 e. The first-order chi connectivity index (χ1) is 12.7. The third kappa shape index (κ3) is 2.38. The number of hydrogen-bond acceptors (Lipinski definition) is 1. The van der Waals surface area contributed by atoms with Crippen LogP contribution < -0.4 is 5.73 Å². The molecule has 0 radical (unpaired) electrons. The van der Waals surface area contributed by atoms with E-state index >= 15 is 0 Å². The zero-order valence-electron chi connectivity index (χ0n) is 15.3. The molecule has 1 nitrogen and oxygen atoms in total. The summed E-state index contributed by atoms with van der Waals surface area (Å²) in [5.41, 5.74) is 16.2. The summed E-state index contributed by atoms with van der Waals surface area (Å²) in [6, 6.07) is 4.68. The smallest absolute Gasteiger partial charge is 0.0356 e. The number of benzene rings is 1. The van der Waals surface area contributed by atoms with Crippen LogP contribution in [0.3, 0.4) is 0 Å². The topological polar surface area (TPSA) is 26.0 Å². The molecular weight excluding hydrogens is 314 g/mol. The third-order valence-corrected chi connectivity index (χ3v) is 6.33. The second-order valence-corrected chi connectivity index (χ2v) is 7.97. The van der Waals surface area contributed by atoms with Gasteiger partial charge in [0.15, 0.2) is 0 Å². The molecular formula is C25H25N. The highest BCUT2D eigenvalue weighted by Gasteiger charge is 2.34. The molecule has 2 N–H and O–H groups in total. The van der Waals surface area contributed by atoms with Gasteiger partial charge in [-0.1, -0.05) is 60.3 Å². The van der Waals surface area contributed by atoms with E-state index in [1.54, 1.807) is 5.57 Å². The predicted molar refractivity (Wildman–Crippen MR) is 111 cm³/mol. The molecule has 0 aromatic heterocycles. The number of allylic oxidation sites excluding steroid dienone is 12. The van der Waals surface area contributed by atoms with Gasteiger partial charge in [-0.25, -0.2) is 0 Å². The van der Waals surface area contributed by atoms with Crippen LogP contribution in [0.5, 0.6) is 0 Å². The van der Waals surface area contributed by atoms with Crippen molar-refractivity contribution in [1.82, 2.24) is 0 Å². The van der Waals surface area contributed by atoms with Gasteiger partial charge in [0, 0.05) is 23.4 Å². The van der Waals surface area contributed by atoms with Crippen molar-refractivity contribution >= 4 is 11.3 Å². The summed E-state index contributed by atoms with van der Waals surface area (Å²) in [6.07, 6.45) is 23.7. The van der Waals surface area contributed by atoms with Crippen LogP contribution in [-0.2, 0) is 0 Å². The van der Waals surface area contributed by atoms with Crippen LogP contribution in [-0.4, -0.2) is 0 Å². The van der Waals surface area contributed by atoms with E-state index in [-0.39, 0.29) is 0 Å². The Bertz CT molecular complexity index is 949. The van der Waals surface area contributed by atoms with E-state index in [0.717, 1.165) is 18.5 Å². The average molecular weight is 339 g/mol. The maximum atomic E-state index is 6.56. The van der Waals surface area contributed by atoms with E-state index in [2.05, 4.69) is 73.7 Å². The van der Waals surface area contributed by atoms with Crippen molar-refractivity contribution in [3.8, 4) is 0 Å². The highest BCUT2D eigenvalue weighted by atomic mass is 14.6. The maximum absolute atomic E-state index is 6.56. The lowest BCUT2D eigenvalue weighted by Gasteiger charge is -2.37. The fraction of sp³-hybridized carbons (Fsp3) is 0.280. The number of fused-ring (bicyclic) bond motifs is 5. The van der Waals surface area contributed by atoms with E-state index in [0.29, 0.717) is 17.8 Å². The van der Waals surface area contributed by atoms with Crippen LogP contribution in [0.1, 0.15) is 54.7 Å². The molecule has 1 aromatic carbocycles. The monoisotopic (exact) mass is 339 g/mol. The molecule has 4 aliphatic carbocycles. The van der Waals surface area contributed by atoms with Gasteiger partial charge in [0.1, 0.15) is 0 Å². The first kappa shape index (κ1) is 15.7. The summed E-state index contributed by atoms with van der Waals surface area (Å²) in [7, 11) is 0. The molecule has 1 heteroatoms. The Labute approximate surface area is 156 Å². The summed E-state index contributed by atoms with van der Waals surface area (Å²) in [6.45, 7) is 2.27. The molecule has 0 saturated heterocycles. The van der Waals surface area contributed by atoms with Gasteiger partial charge in [-0.3, -0.25) is 0 Å². The normalized spacial score (nSPS) is 28.5. The van der Waals surface area contributed by atoms with Crippen LogP contribution in [0, 0.1) is 5.92 Å². The van der Waals surface area contributed by atoms with E-state index < -0.39 is 0 Å². The predicted octanol–water partition coefficient (Wildman–Crippen LogP) is 6.20. The van der Waals surface area contributed by atoms with Crippen molar-refractivity contribution in [2.45, 2.75) is 38.0 Å². The standard InChI is InChI=1S/C25H25N/c1-16-11-12-20-22(13-16)18-9-5-6-10-19(18)24-15-25(26)21(14-23(20)24)17-7-3-2-4-8-17/h2-7,9-10,13-15,17-19H,8,11-12,26H2,1H3. The van der Waals surface area contributed by atoms with E-state index in [9.17, 15) is 0 Å². The zero-order chi connectivity index (χ0) is 17.7. The van der Waals surface area contributed by atoms with Gasteiger partial charge in [0.05, 0.1) is 0 Å². The molecule has 0 bridgehead atoms. The van der Waals surface area contributed by atoms with Crippen molar-refractivity contribution in [3.63, 3.8) is 0 Å². The highest BCUT2D eigenvalue weighted by Crippen LogP contribution is 2.51. The average Bonchev–Trinajstić information content (AvgIpc) is 2.68. The van der Waals surface area contributed by atoms with Gasteiger partial charge in [0.25, 0.3) is 0 Å². The Balaban J connectivity index is 1.71. The maximum Gasteiger partial charge on any atom is 0.0356 e. The number of nitrogens with two attached hydrogens (primary N) is 1. The highest BCUT2D eigenvalue weighted by molar-refractivity contribution is 5.81. The Morgan fingerprint density at radius 2 is 1.69 bits per heavy atom. The summed E-state index contributed by atoms with van der Waals surface area (Å²) in [5.74, 6) is 1.27. The number of hydrogen-bond donors (Lipinski definition) is 1. The van der Waals surface area contributed by atoms with Gasteiger partial charge in [-0.2, -0.15) is 0 Å². The van der Waals surface area contributed by atoms with Gasteiger partial charge in [-0.15, -0.1) is 0 Å². The number of rotatable bonds is 1. The molecule has 5 rings (SSSR count). The fourth-order valence-corrected chi connectivity index (χ4v) is 5.00. The fourth-order valence-electron chi connectivity index (χ4n) is 5.00. The first-order valence-corrected chi connectivity index (χ1v) is 9.74. The molecule has 4 aliphatic rings. The lowest BCUT2D eigenvalue weighted by molar-refractivity contribution is 0.652. The molecule has 0 saturated carbocycles. The van der Waals surface area contributed by atoms with Crippen LogP contribution >= 0.6 is 0 Å². The number of anilines is 1. The van der Waals surface area contributed by atoms with Crippen molar-refractivity contribution in [2.75, 3.05) is 5.73 Å².